The number of ether oxygens (including phenoxy) is 2. The van der Waals surface area contributed by atoms with Gasteiger partial charge in [0.1, 0.15) is 5.75 Å². The Morgan fingerprint density at radius 1 is 1.23 bits per heavy atom. The number of amides is 2. The fourth-order valence-electron chi connectivity index (χ4n) is 3.65. The van der Waals surface area contributed by atoms with Crippen LogP contribution in [0.1, 0.15) is 26.2 Å². The molecule has 1 aromatic carbocycles. The number of anilines is 1. The third kappa shape index (κ3) is 3.58. The Hall–Kier alpha value is -2.41. The lowest BCUT2D eigenvalue weighted by atomic mass is 9.96. The van der Waals surface area contributed by atoms with Crippen molar-refractivity contribution in [2.75, 3.05) is 31.7 Å². The molecule has 26 heavy (non-hydrogen) atoms. The second kappa shape index (κ2) is 7.86. The molecular weight excluding hydrogens is 336 g/mol. The van der Waals surface area contributed by atoms with E-state index in [1.165, 1.54) is 4.90 Å². The molecule has 2 saturated heterocycles. The van der Waals surface area contributed by atoms with Crippen LogP contribution >= 0.6 is 0 Å². The number of carbonyl (C=O) groups excluding carboxylic acids is 3. The van der Waals surface area contributed by atoms with Gasteiger partial charge in [-0.25, -0.2) is 4.90 Å². The summed E-state index contributed by atoms with van der Waals surface area (Å²) in [5.41, 5.74) is 0.544. The highest BCUT2D eigenvalue weighted by molar-refractivity contribution is 6.22. The molecule has 3 rings (SSSR count). The maximum absolute atomic E-state index is 12.9. The first-order valence-corrected chi connectivity index (χ1v) is 8.96. The lowest BCUT2D eigenvalue weighted by Crippen LogP contribution is -2.48. The van der Waals surface area contributed by atoms with Crippen LogP contribution < -0.4 is 9.64 Å². The molecule has 2 amide bonds. The van der Waals surface area contributed by atoms with Crippen molar-refractivity contribution in [2.24, 2.45) is 5.92 Å². The largest absolute Gasteiger partial charge is 0.497 e. The predicted molar refractivity (Wildman–Crippen MR) is 94.8 cm³/mol. The molecule has 0 N–H and O–H groups in total. The van der Waals surface area contributed by atoms with E-state index in [0.717, 1.165) is 12.8 Å². The summed E-state index contributed by atoms with van der Waals surface area (Å²) in [4.78, 5) is 40.6. The van der Waals surface area contributed by atoms with E-state index >= 15 is 0 Å². The molecule has 2 atom stereocenters. The van der Waals surface area contributed by atoms with Crippen LogP contribution in [-0.4, -0.2) is 55.5 Å². The van der Waals surface area contributed by atoms with E-state index in [4.69, 9.17) is 9.47 Å². The van der Waals surface area contributed by atoms with Gasteiger partial charge in [-0.3, -0.25) is 19.3 Å². The van der Waals surface area contributed by atoms with E-state index in [1.54, 1.807) is 38.3 Å². The van der Waals surface area contributed by atoms with Gasteiger partial charge in [-0.1, -0.05) is 0 Å². The van der Waals surface area contributed by atoms with Crippen molar-refractivity contribution in [1.29, 1.82) is 0 Å². The molecule has 0 radical (unpaired) electrons. The summed E-state index contributed by atoms with van der Waals surface area (Å²) in [7, 11) is 1.56. The molecule has 140 valence electrons. The number of nitrogens with zero attached hydrogens (tertiary/aromatic N) is 2. The Labute approximate surface area is 152 Å². The molecule has 2 aliphatic heterocycles. The SMILES string of the molecule is CCOC(=O)[C@H]1CCCN([C@@H]2CC(=O)N(c3ccc(OC)cc3)C2=O)C1. The molecule has 2 fully saturated rings. The van der Waals surface area contributed by atoms with E-state index in [1.807, 2.05) is 4.90 Å². The van der Waals surface area contributed by atoms with Crippen LogP contribution in [0, 0.1) is 5.92 Å². The van der Waals surface area contributed by atoms with Gasteiger partial charge in [0, 0.05) is 6.54 Å². The van der Waals surface area contributed by atoms with Gasteiger partial charge >= 0.3 is 5.97 Å². The quantitative estimate of drug-likeness (QED) is 0.586. The molecule has 2 heterocycles. The Kier molecular flexibility index (Phi) is 5.56. The number of imide groups is 1. The van der Waals surface area contributed by atoms with Gasteiger partial charge in [0.15, 0.2) is 0 Å². The number of piperidine rings is 1. The molecule has 0 spiro atoms. The third-order valence-electron chi connectivity index (χ3n) is 4.97. The second-order valence-electron chi connectivity index (χ2n) is 6.57. The number of likely N-dealkylation sites (tertiary alicyclic amines) is 1. The van der Waals surface area contributed by atoms with Crippen LogP contribution in [0.4, 0.5) is 5.69 Å². The summed E-state index contributed by atoms with van der Waals surface area (Å²) >= 11 is 0. The normalized spacial score (nSPS) is 24.0. The third-order valence-corrected chi connectivity index (χ3v) is 4.97. The summed E-state index contributed by atoms with van der Waals surface area (Å²) in [6.07, 6.45) is 1.71. The Balaban J connectivity index is 1.72. The van der Waals surface area contributed by atoms with Gasteiger partial charge in [-0.05, 0) is 50.6 Å². The van der Waals surface area contributed by atoms with E-state index in [0.29, 0.717) is 31.1 Å². The lowest BCUT2D eigenvalue weighted by molar-refractivity contribution is -0.150. The summed E-state index contributed by atoms with van der Waals surface area (Å²) in [6, 6.07) is 6.34. The fourth-order valence-corrected chi connectivity index (χ4v) is 3.65. The van der Waals surface area contributed by atoms with Crippen LogP contribution in [0.15, 0.2) is 24.3 Å². The van der Waals surface area contributed by atoms with E-state index in [2.05, 4.69) is 0 Å². The zero-order valence-corrected chi connectivity index (χ0v) is 15.1. The number of esters is 1. The number of benzene rings is 1. The Morgan fingerprint density at radius 3 is 2.62 bits per heavy atom. The fraction of sp³-hybridized carbons (Fsp3) is 0.526. The van der Waals surface area contributed by atoms with Crippen molar-refractivity contribution >= 4 is 23.5 Å². The average Bonchev–Trinajstić information content (AvgIpc) is 2.96. The van der Waals surface area contributed by atoms with E-state index in [9.17, 15) is 14.4 Å². The molecule has 7 nitrogen and oxygen atoms in total. The smallest absolute Gasteiger partial charge is 0.310 e. The number of methoxy groups -OCH3 is 1. The van der Waals surface area contributed by atoms with Gasteiger partial charge < -0.3 is 9.47 Å². The summed E-state index contributed by atoms with van der Waals surface area (Å²) < 4.78 is 10.2. The zero-order valence-electron chi connectivity index (χ0n) is 15.1. The topological polar surface area (TPSA) is 76.2 Å². The van der Waals surface area contributed by atoms with Crippen LogP contribution in [0.2, 0.25) is 0 Å². The minimum absolute atomic E-state index is 0.139. The summed E-state index contributed by atoms with van der Waals surface area (Å²) in [5.74, 6) is -0.242. The average molecular weight is 360 g/mol. The minimum Gasteiger partial charge on any atom is -0.497 e. The van der Waals surface area contributed by atoms with Crippen LogP contribution in [0.3, 0.4) is 0 Å². The molecule has 1 aromatic rings. The van der Waals surface area contributed by atoms with Crippen molar-refractivity contribution < 1.29 is 23.9 Å². The van der Waals surface area contributed by atoms with E-state index in [-0.39, 0.29) is 30.1 Å². The van der Waals surface area contributed by atoms with Crippen LogP contribution in [0.5, 0.6) is 5.75 Å². The van der Waals surface area contributed by atoms with E-state index < -0.39 is 6.04 Å². The lowest BCUT2D eigenvalue weighted by Gasteiger charge is -2.34. The Bertz CT molecular complexity index is 688. The molecular formula is C19H24N2O5. The molecule has 0 saturated carbocycles. The first-order chi connectivity index (χ1) is 12.5. The van der Waals surface area contributed by atoms with Gasteiger partial charge in [0.05, 0.1) is 37.8 Å². The second-order valence-corrected chi connectivity index (χ2v) is 6.57. The Morgan fingerprint density at radius 2 is 1.96 bits per heavy atom. The van der Waals surface area contributed by atoms with Crippen molar-refractivity contribution in [1.82, 2.24) is 4.90 Å². The summed E-state index contributed by atoms with van der Waals surface area (Å²) in [5, 5.41) is 0. The van der Waals surface area contributed by atoms with Crippen LogP contribution in [-0.2, 0) is 19.1 Å². The first kappa shape index (κ1) is 18.4. The van der Waals surface area contributed by atoms with Crippen molar-refractivity contribution in [3.05, 3.63) is 24.3 Å². The number of hydrogen-bond donors (Lipinski definition) is 0. The highest BCUT2D eigenvalue weighted by Gasteiger charge is 2.44. The number of rotatable bonds is 5. The maximum Gasteiger partial charge on any atom is 0.310 e. The predicted octanol–water partition coefficient (Wildman–Crippen LogP) is 1.60. The standard InChI is InChI=1S/C19H24N2O5/c1-3-26-19(24)13-5-4-10-20(12-13)16-11-17(22)21(18(16)23)14-6-8-15(25-2)9-7-14/h6-9,13,16H,3-5,10-12H2,1-2H3/t13-,16+/m0/s1. The van der Waals surface area contributed by atoms with Crippen molar-refractivity contribution in [3.8, 4) is 5.75 Å². The van der Waals surface area contributed by atoms with Gasteiger partial charge in [0.25, 0.3) is 5.91 Å². The highest BCUT2D eigenvalue weighted by Crippen LogP contribution is 2.29. The molecule has 7 heteroatoms. The van der Waals surface area contributed by atoms with Gasteiger partial charge in [0.2, 0.25) is 5.91 Å². The summed E-state index contributed by atoms with van der Waals surface area (Å²) in [6.45, 7) is 3.29. The van der Waals surface area contributed by atoms with Crippen LogP contribution in [0.25, 0.3) is 0 Å². The maximum atomic E-state index is 12.9. The van der Waals surface area contributed by atoms with Crippen molar-refractivity contribution in [2.45, 2.75) is 32.2 Å². The molecule has 2 aliphatic rings. The molecule has 0 aliphatic carbocycles. The highest BCUT2D eigenvalue weighted by atomic mass is 16.5. The molecule has 0 bridgehead atoms. The van der Waals surface area contributed by atoms with Gasteiger partial charge in [-0.15, -0.1) is 0 Å². The first-order valence-electron chi connectivity index (χ1n) is 8.96. The van der Waals surface area contributed by atoms with Crippen molar-refractivity contribution in [3.63, 3.8) is 0 Å². The minimum atomic E-state index is -0.512. The molecule has 0 aromatic heterocycles. The monoisotopic (exact) mass is 360 g/mol. The van der Waals surface area contributed by atoms with Gasteiger partial charge in [-0.2, -0.15) is 0 Å². The number of hydrogen-bond acceptors (Lipinski definition) is 6. The number of carbonyl (C=O) groups is 3. The zero-order chi connectivity index (χ0) is 18.7. The molecule has 0 unspecified atom stereocenters.